The molecule has 1 amide bonds. The lowest BCUT2D eigenvalue weighted by Gasteiger charge is -2.35. The van der Waals surface area contributed by atoms with E-state index >= 15 is 0 Å². The molecule has 11 nitrogen and oxygen atoms in total. The number of fused-ring (bicyclic) bond motifs is 1. The molecule has 2 aromatic rings. The molecule has 0 saturated carbocycles. The number of nitro groups is 1. The zero-order valence-corrected chi connectivity index (χ0v) is 21.0. The Kier molecular flexibility index (Phi) is 7.78. The van der Waals surface area contributed by atoms with Gasteiger partial charge in [-0.05, 0) is 43.4 Å². The monoisotopic (exact) mass is 499 g/mol. The first-order valence-corrected chi connectivity index (χ1v) is 12.1. The molecule has 0 radical (unpaired) electrons. The lowest BCUT2D eigenvalue weighted by atomic mass is 10.2. The number of carbonyl (C=O) groups excluding carboxylic acids is 1. The molecule has 0 aliphatic carbocycles. The predicted octanol–water partition coefficient (Wildman–Crippen LogP) is 3.59. The van der Waals surface area contributed by atoms with Crippen LogP contribution in [0.5, 0.6) is 11.8 Å². The van der Waals surface area contributed by atoms with Crippen LogP contribution < -0.4 is 9.47 Å². The van der Waals surface area contributed by atoms with Crippen LogP contribution in [0.3, 0.4) is 0 Å². The molecule has 1 atom stereocenters. The molecule has 3 heterocycles. The SMILES string of the molecule is CC(C)(C)OC(=O)N1CCN(CC=Cc2ccc(OCC3CCn4cc([N+](=O)[O-])nc4O3)cc2)CC1. The summed E-state index contributed by atoms with van der Waals surface area (Å²) in [7, 11) is 0. The predicted molar refractivity (Wildman–Crippen MR) is 133 cm³/mol. The van der Waals surface area contributed by atoms with E-state index in [2.05, 4.69) is 22.0 Å². The summed E-state index contributed by atoms with van der Waals surface area (Å²) in [5.74, 6) is 0.521. The van der Waals surface area contributed by atoms with Crippen molar-refractivity contribution in [3.8, 4) is 11.8 Å². The Balaban J connectivity index is 1.17. The summed E-state index contributed by atoms with van der Waals surface area (Å²) in [6, 6.07) is 8.06. The molecule has 36 heavy (non-hydrogen) atoms. The average molecular weight is 500 g/mol. The number of hydrogen-bond donors (Lipinski definition) is 0. The topological polar surface area (TPSA) is 112 Å². The van der Waals surface area contributed by atoms with Gasteiger partial charge in [-0.1, -0.05) is 24.3 Å². The van der Waals surface area contributed by atoms with Crippen molar-refractivity contribution in [2.75, 3.05) is 39.3 Å². The van der Waals surface area contributed by atoms with Gasteiger partial charge in [0.05, 0.1) is 0 Å². The van der Waals surface area contributed by atoms with E-state index in [1.165, 1.54) is 6.20 Å². The fraction of sp³-hybridized carbons (Fsp3) is 0.520. The van der Waals surface area contributed by atoms with E-state index in [0.717, 1.165) is 30.9 Å². The van der Waals surface area contributed by atoms with Gasteiger partial charge in [0, 0.05) is 50.7 Å². The van der Waals surface area contributed by atoms with Crippen molar-refractivity contribution in [3.63, 3.8) is 0 Å². The van der Waals surface area contributed by atoms with Crippen LogP contribution in [0, 0.1) is 10.1 Å². The lowest BCUT2D eigenvalue weighted by Crippen LogP contribution is -2.49. The van der Waals surface area contributed by atoms with Gasteiger partial charge in [0.2, 0.25) is 0 Å². The summed E-state index contributed by atoms with van der Waals surface area (Å²) < 4.78 is 18.7. The summed E-state index contributed by atoms with van der Waals surface area (Å²) in [4.78, 5) is 30.5. The fourth-order valence-corrected chi connectivity index (χ4v) is 3.98. The zero-order chi connectivity index (χ0) is 25.7. The Morgan fingerprint density at radius 2 is 1.92 bits per heavy atom. The van der Waals surface area contributed by atoms with Gasteiger partial charge in [0.15, 0.2) is 0 Å². The van der Waals surface area contributed by atoms with Crippen molar-refractivity contribution < 1.29 is 23.9 Å². The highest BCUT2D eigenvalue weighted by Crippen LogP contribution is 2.24. The van der Waals surface area contributed by atoms with Crippen LogP contribution in [-0.2, 0) is 11.3 Å². The Labute approximate surface area is 210 Å². The number of aromatic nitrogens is 2. The number of hydrogen-bond acceptors (Lipinski definition) is 8. The van der Waals surface area contributed by atoms with Crippen LogP contribution in [0.25, 0.3) is 6.08 Å². The van der Waals surface area contributed by atoms with Crippen LogP contribution in [0.4, 0.5) is 10.6 Å². The van der Waals surface area contributed by atoms with Crippen molar-refractivity contribution in [1.82, 2.24) is 19.4 Å². The molecule has 1 unspecified atom stereocenters. The summed E-state index contributed by atoms with van der Waals surface area (Å²) in [6.07, 6.45) is 5.81. The largest absolute Gasteiger partial charge is 0.490 e. The van der Waals surface area contributed by atoms with Crippen molar-refractivity contribution in [2.24, 2.45) is 0 Å². The van der Waals surface area contributed by atoms with Gasteiger partial charge >= 0.3 is 17.9 Å². The summed E-state index contributed by atoms with van der Waals surface area (Å²) in [6.45, 7) is 10.3. The Hall–Kier alpha value is -3.60. The van der Waals surface area contributed by atoms with Crippen molar-refractivity contribution in [3.05, 3.63) is 52.2 Å². The number of imidazole rings is 1. The van der Waals surface area contributed by atoms with E-state index in [9.17, 15) is 14.9 Å². The standard InChI is InChI=1S/C25H33N5O6/c1-25(2,3)36-24(31)28-15-13-27(14-16-28)11-4-5-19-6-8-20(9-7-19)34-18-21-10-12-29-17-22(30(32)33)26-23(29)35-21/h4-9,17,21H,10-16,18H2,1-3H3. The fourth-order valence-electron chi connectivity index (χ4n) is 3.98. The number of nitrogens with zero attached hydrogens (tertiary/aromatic N) is 5. The molecule has 194 valence electrons. The van der Waals surface area contributed by atoms with Gasteiger partial charge in [-0.3, -0.25) is 9.47 Å². The van der Waals surface area contributed by atoms with E-state index in [0.29, 0.717) is 32.7 Å². The number of ether oxygens (including phenoxy) is 3. The molecule has 2 aliphatic rings. The van der Waals surface area contributed by atoms with E-state index in [1.807, 2.05) is 45.0 Å². The molecule has 4 rings (SSSR count). The molecule has 1 aromatic heterocycles. The second-order valence-corrected chi connectivity index (χ2v) is 9.91. The average Bonchev–Trinajstić information content (AvgIpc) is 3.27. The minimum atomic E-state index is -0.525. The first-order chi connectivity index (χ1) is 17.2. The quantitative estimate of drug-likeness (QED) is 0.420. The lowest BCUT2D eigenvalue weighted by molar-refractivity contribution is -0.389. The van der Waals surface area contributed by atoms with Gasteiger partial charge in [0.25, 0.3) is 0 Å². The Morgan fingerprint density at radius 1 is 1.19 bits per heavy atom. The zero-order valence-electron chi connectivity index (χ0n) is 21.0. The van der Waals surface area contributed by atoms with Crippen LogP contribution >= 0.6 is 0 Å². The van der Waals surface area contributed by atoms with Gasteiger partial charge in [-0.2, -0.15) is 0 Å². The minimum absolute atomic E-state index is 0.210. The van der Waals surface area contributed by atoms with Crippen LogP contribution in [-0.4, -0.2) is 81.4 Å². The molecule has 1 saturated heterocycles. The van der Waals surface area contributed by atoms with Crippen LogP contribution in [0.2, 0.25) is 0 Å². The maximum atomic E-state index is 12.2. The van der Waals surface area contributed by atoms with Crippen molar-refractivity contribution >= 4 is 18.0 Å². The maximum absolute atomic E-state index is 12.2. The van der Waals surface area contributed by atoms with Crippen molar-refractivity contribution in [2.45, 2.75) is 45.4 Å². The number of rotatable bonds is 7. The molecule has 0 spiro atoms. The highest BCUT2D eigenvalue weighted by molar-refractivity contribution is 5.68. The molecule has 2 aliphatic heterocycles. The summed E-state index contributed by atoms with van der Waals surface area (Å²) in [5.41, 5.74) is 0.592. The van der Waals surface area contributed by atoms with Gasteiger partial charge in [-0.15, -0.1) is 0 Å². The van der Waals surface area contributed by atoms with E-state index in [1.54, 1.807) is 9.47 Å². The highest BCUT2D eigenvalue weighted by atomic mass is 16.6. The first kappa shape index (κ1) is 25.5. The molecule has 11 heteroatoms. The third-order valence-corrected chi connectivity index (χ3v) is 5.89. The minimum Gasteiger partial charge on any atom is -0.490 e. The van der Waals surface area contributed by atoms with Gasteiger partial charge in [-0.25, -0.2) is 4.79 Å². The van der Waals surface area contributed by atoms with E-state index in [-0.39, 0.29) is 24.0 Å². The summed E-state index contributed by atoms with van der Waals surface area (Å²) >= 11 is 0. The second-order valence-electron chi connectivity index (χ2n) is 9.91. The number of piperazine rings is 1. The first-order valence-electron chi connectivity index (χ1n) is 12.1. The summed E-state index contributed by atoms with van der Waals surface area (Å²) in [5, 5.41) is 10.9. The Bertz CT molecular complexity index is 1080. The number of aryl methyl sites for hydroxylation is 1. The maximum Gasteiger partial charge on any atom is 0.414 e. The Morgan fingerprint density at radius 3 is 2.58 bits per heavy atom. The second kappa shape index (κ2) is 11.0. The van der Waals surface area contributed by atoms with Crippen LogP contribution in [0.1, 0.15) is 32.8 Å². The molecule has 1 fully saturated rings. The van der Waals surface area contributed by atoms with Gasteiger partial charge in [0.1, 0.15) is 30.3 Å². The third kappa shape index (κ3) is 6.97. The molecular formula is C25H33N5O6. The molecular weight excluding hydrogens is 466 g/mol. The highest BCUT2D eigenvalue weighted by Gasteiger charge is 2.28. The van der Waals surface area contributed by atoms with Gasteiger partial charge < -0.3 is 29.2 Å². The molecule has 0 bridgehead atoms. The number of amides is 1. The normalized spacial score (nSPS) is 18.5. The van der Waals surface area contributed by atoms with E-state index < -0.39 is 10.5 Å². The van der Waals surface area contributed by atoms with Crippen LogP contribution in [0.15, 0.2) is 36.5 Å². The third-order valence-electron chi connectivity index (χ3n) is 5.89. The van der Waals surface area contributed by atoms with Crippen molar-refractivity contribution in [1.29, 1.82) is 0 Å². The number of carbonyl (C=O) groups is 1. The molecule has 1 aromatic carbocycles. The number of benzene rings is 1. The van der Waals surface area contributed by atoms with E-state index in [4.69, 9.17) is 14.2 Å². The molecule has 0 N–H and O–H groups in total. The smallest absolute Gasteiger partial charge is 0.414 e.